The molecule has 3 rings (SSSR count). The maximum atomic E-state index is 15.0. The Balaban J connectivity index is 1.62. The molecule has 2 unspecified atom stereocenters. The summed E-state index contributed by atoms with van der Waals surface area (Å²) in [4.78, 5) is 62.3. The Hall–Kier alpha value is -4.88. The maximum absolute atomic E-state index is 15.0. The second-order valence-electron chi connectivity index (χ2n) is 14.4. The van der Waals surface area contributed by atoms with Gasteiger partial charge in [-0.25, -0.2) is 8.78 Å². The largest absolute Gasteiger partial charge is 0.480 e. The van der Waals surface area contributed by atoms with Gasteiger partial charge in [0.15, 0.2) is 0 Å². The highest BCUT2D eigenvalue weighted by molar-refractivity contribution is 8.00. The Labute approximate surface area is 334 Å². The molecule has 57 heavy (non-hydrogen) atoms. The fourth-order valence-electron chi connectivity index (χ4n) is 6.00. The van der Waals surface area contributed by atoms with Crippen molar-refractivity contribution < 1.29 is 52.8 Å². The third-order valence-electron chi connectivity index (χ3n) is 8.81. The number of aliphatic carboxylic acids is 2. The molecular weight excluding hydrogens is 767 g/mol. The third-order valence-corrected chi connectivity index (χ3v) is 10.1. The number of halogens is 2. The van der Waals surface area contributed by atoms with E-state index in [1.807, 2.05) is 55.7 Å². The van der Waals surface area contributed by atoms with Crippen molar-refractivity contribution in [2.45, 2.75) is 63.5 Å². The topological polar surface area (TPSA) is 240 Å². The number of carbonyl (C=O) groups excluding carboxylic acids is 3. The number of carboxylic acids is 2. The molecule has 1 heterocycles. The first-order chi connectivity index (χ1) is 26.9. The number of carbonyl (C=O) groups is 5. The van der Waals surface area contributed by atoms with Gasteiger partial charge in [0.25, 0.3) is 0 Å². The van der Waals surface area contributed by atoms with Crippen LogP contribution >= 0.6 is 11.8 Å². The van der Waals surface area contributed by atoms with E-state index < -0.39 is 83.1 Å². The van der Waals surface area contributed by atoms with E-state index in [4.69, 9.17) is 21.3 Å². The predicted octanol–water partition coefficient (Wildman–Crippen LogP) is 2.34. The Morgan fingerprint density at radius 2 is 1.60 bits per heavy atom. The summed E-state index contributed by atoms with van der Waals surface area (Å²) in [6.07, 6.45) is 1.32. The highest BCUT2D eigenvalue weighted by Crippen LogP contribution is 2.41. The first-order valence-corrected chi connectivity index (χ1v) is 19.3. The Morgan fingerprint density at radius 3 is 2.21 bits per heavy atom. The van der Waals surface area contributed by atoms with E-state index in [2.05, 4.69) is 10.6 Å². The molecule has 312 valence electrons. The van der Waals surface area contributed by atoms with Crippen LogP contribution in [0.1, 0.15) is 50.9 Å². The van der Waals surface area contributed by atoms with Gasteiger partial charge in [0.05, 0.1) is 25.3 Å². The number of aromatic nitrogens is 1. The lowest BCUT2D eigenvalue weighted by molar-refractivity contribution is -0.140. The van der Waals surface area contributed by atoms with Crippen molar-refractivity contribution in [3.05, 3.63) is 83.7 Å². The number of aliphatic hydroxyl groups excluding tert-OH is 1. The zero-order valence-corrected chi connectivity index (χ0v) is 33.0. The number of hydrogen-bond acceptors (Lipinski definition) is 10. The zero-order valence-electron chi connectivity index (χ0n) is 32.2. The van der Waals surface area contributed by atoms with E-state index in [9.17, 15) is 38.6 Å². The van der Waals surface area contributed by atoms with Crippen molar-refractivity contribution >= 4 is 41.4 Å². The number of nitrogens with zero attached hydrogens (tertiary/aromatic N) is 2. The standard InChI is InChI=1S/C39H52F2N6O9S/c1-39(2,3)35(31-17-25(27-18-26(40)9-10-28(27)41)21-46(31)20-24-7-5-4-6-8-24)47(34(50)22-48)14-11-29(42)36(51)45-13-16-56-15-12-44-33(49)19-32(38(54)55)57-23-30(43)37(52)53/h4-10,17-18,21,29-30,32,35,48H,11-16,19-20,22-23,42-43H2,1-3H3,(H,44,49)(H,45,51)(H,52,53)(H,54,55)/t29?,30-,32?,35-/m0/s1. The van der Waals surface area contributed by atoms with Gasteiger partial charge in [0.2, 0.25) is 17.7 Å². The first kappa shape index (κ1) is 46.5. The van der Waals surface area contributed by atoms with Crippen LogP contribution in [0.2, 0.25) is 0 Å². The van der Waals surface area contributed by atoms with E-state index in [1.165, 1.54) is 4.90 Å². The SMILES string of the molecule is CC(C)(C)[C@H](c1cc(-c2cc(F)ccc2F)cn1Cc1ccccc1)N(CCC(N)C(=O)NCCOCCNC(=O)CC(SC[C@H](N)C(=O)O)C(=O)O)C(=O)CO. The number of thioether (sulfide) groups is 1. The second-order valence-corrected chi connectivity index (χ2v) is 15.6. The number of ether oxygens (including phenoxy) is 1. The number of rotatable bonds is 23. The molecule has 0 spiro atoms. The normalized spacial score (nSPS) is 13.6. The molecule has 0 aliphatic heterocycles. The van der Waals surface area contributed by atoms with Gasteiger partial charge in [-0.15, -0.1) is 11.8 Å². The predicted molar refractivity (Wildman–Crippen MR) is 210 cm³/mol. The number of nitrogens with two attached hydrogens (primary N) is 2. The minimum Gasteiger partial charge on any atom is -0.480 e. The molecule has 0 aliphatic rings. The molecule has 3 aromatic rings. The van der Waals surface area contributed by atoms with Gasteiger partial charge in [-0.2, -0.15) is 0 Å². The van der Waals surface area contributed by atoms with E-state index >= 15 is 4.39 Å². The fraction of sp³-hybridized carbons (Fsp3) is 0.462. The molecule has 1 aromatic heterocycles. The summed E-state index contributed by atoms with van der Waals surface area (Å²) in [6, 6.07) is 11.3. The average molecular weight is 819 g/mol. The van der Waals surface area contributed by atoms with Crippen LogP contribution in [0.15, 0.2) is 60.8 Å². The minimum atomic E-state index is -1.28. The highest BCUT2D eigenvalue weighted by Gasteiger charge is 2.37. The van der Waals surface area contributed by atoms with Crippen LogP contribution in [-0.4, -0.2) is 117 Å². The monoisotopic (exact) mass is 818 g/mol. The number of amides is 3. The number of hydrogen-bond donors (Lipinski definition) is 7. The number of benzene rings is 2. The summed E-state index contributed by atoms with van der Waals surface area (Å²) in [5.41, 5.74) is 12.9. The smallest absolute Gasteiger partial charge is 0.321 e. The molecule has 3 amide bonds. The van der Waals surface area contributed by atoms with E-state index in [0.717, 1.165) is 35.5 Å². The molecule has 0 saturated heterocycles. The van der Waals surface area contributed by atoms with Gasteiger partial charge in [0, 0.05) is 61.4 Å². The summed E-state index contributed by atoms with van der Waals surface area (Å²) >= 11 is 0.758. The Morgan fingerprint density at radius 1 is 0.930 bits per heavy atom. The quantitative estimate of drug-likeness (QED) is 0.0683. The molecule has 0 aliphatic carbocycles. The summed E-state index contributed by atoms with van der Waals surface area (Å²) in [5, 5.41) is 32.3. The van der Waals surface area contributed by atoms with Crippen LogP contribution in [0.3, 0.4) is 0 Å². The van der Waals surface area contributed by atoms with Crippen LogP contribution < -0.4 is 22.1 Å². The number of aliphatic hydroxyl groups is 1. The summed E-state index contributed by atoms with van der Waals surface area (Å²) in [7, 11) is 0. The molecule has 0 saturated carbocycles. The molecule has 18 heteroatoms. The van der Waals surface area contributed by atoms with Crippen LogP contribution in [0.4, 0.5) is 8.78 Å². The summed E-state index contributed by atoms with van der Waals surface area (Å²) in [6.45, 7) is 5.43. The Bertz CT molecular complexity index is 1820. The molecule has 0 fully saturated rings. The number of carboxylic acid groups (broad SMARTS) is 2. The van der Waals surface area contributed by atoms with Gasteiger partial charge >= 0.3 is 11.9 Å². The zero-order chi connectivity index (χ0) is 42.3. The third kappa shape index (κ3) is 14.5. The van der Waals surface area contributed by atoms with Gasteiger partial charge in [0.1, 0.15) is 29.5 Å². The minimum absolute atomic E-state index is 0.0136. The molecule has 9 N–H and O–H groups in total. The van der Waals surface area contributed by atoms with Gasteiger partial charge in [-0.05, 0) is 41.7 Å². The molecule has 0 radical (unpaired) electrons. The first-order valence-electron chi connectivity index (χ1n) is 18.2. The molecular formula is C39H52F2N6O9S. The van der Waals surface area contributed by atoms with Crippen LogP contribution in [-0.2, 0) is 35.3 Å². The van der Waals surface area contributed by atoms with Gasteiger partial charge in [-0.3, -0.25) is 24.0 Å². The fourth-order valence-corrected chi connectivity index (χ4v) is 7.00. The summed E-state index contributed by atoms with van der Waals surface area (Å²) in [5.74, 6) is -5.68. The van der Waals surface area contributed by atoms with E-state index in [0.29, 0.717) is 17.8 Å². The maximum Gasteiger partial charge on any atom is 0.321 e. The van der Waals surface area contributed by atoms with Crippen molar-refractivity contribution in [2.75, 3.05) is 45.2 Å². The van der Waals surface area contributed by atoms with E-state index in [1.54, 1.807) is 12.3 Å². The summed E-state index contributed by atoms with van der Waals surface area (Å²) < 4.78 is 36.6. The Kier molecular flexibility index (Phi) is 18.1. The highest BCUT2D eigenvalue weighted by atomic mass is 32.2. The second kappa shape index (κ2) is 22.2. The van der Waals surface area contributed by atoms with Crippen molar-refractivity contribution in [1.29, 1.82) is 0 Å². The molecule has 15 nitrogen and oxygen atoms in total. The van der Waals surface area contributed by atoms with E-state index in [-0.39, 0.29) is 50.6 Å². The van der Waals surface area contributed by atoms with Crippen LogP contribution in [0.5, 0.6) is 0 Å². The average Bonchev–Trinajstić information content (AvgIpc) is 3.56. The van der Waals surface area contributed by atoms with Crippen molar-refractivity contribution in [2.24, 2.45) is 16.9 Å². The molecule has 4 atom stereocenters. The van der Waals surface area contributed by atoms with Crippen LogP contribution in [0, 0.1) is 17.0 Å². The van der Waals surface area contributed by atoms with Gasteiger partial charge < -0.3 is 51.6 Å². The number of nitrogens with one attached hydrogen (secondary N) is 2. The van der Waals surface area contributed by atoms with Crippen molar-refractivity contribution in [3.8, 4) is 11.1 Å². The lowest BCUT2D eigenvalue weighted by Gasteiger charge is -2.41. The molecule has 0 bridgehead atoms. The van der Waals surface area contributed by atoms with Crippen molar-refractivity contribution in [3.63, 3.8) is 0 Å². The lowest BCUT2D eigenvalue weighted by atomic mass is 9.82. The lowest BCUT2D eigenvalue weighted by Crippen LogP contribution is -2.48. The van der Waals surface area contributed by atoms with Crippen molar-refractivity contribution in [1.82, 2.24) is 20.1 Å². The van der Waals surface area contributed by atoms with Gasteiger partial charge in [-0.1, -0.05) is 51.1 Å². The van der Waals surface area contributed by atoms with Crippen LogP contribution in [0.25, 0.3) is 11.1 Å². The molecule has 2 aromatic carbocycles.